The van der Waals surface area contributed by atoms with Crippen LogP contribution in [0.5, 0.6) is 5.75 Å². The Balaban J connectivity index is 1.71. The van der Waals surface area contributed by atoms with Crippen LogP contribution in [-0.2, 0) is 11.3 Å². The van der Waals surface area contributed by atoms with Gasteiger partial charge in [0.05, 0.1) is 17.6 Å². The number of likely N-dealkylation sites (tertiary alicyclic amines) is 1. The van der Waals surface area contributed by atoms with E-state index < -0.39 is 17.8 Å². The molecule has 1 saturated heterocycles. The zero-order chi connectivity index (χ0) is 21.3. The molecule has 7 nitrogen and oxygen atoms in total. The van der Waals surface area contributed by atoms with Crippen molar-refractivity contribution in [3.05, 3.63) is 53.1 Å². The fraction of sp³-hybridized carbons (Fsp3) is 0.286. The molecule has 1 aliphatic rings. The van der Waals surface area contributed by atoms with Gasteiger partial charge in [0.2, 0.25) is 0 Å². The Kier molecular flexibility index (Phi) is 5.69. The van der Waals surface area contributed by atoms with E-state index in [0.29, 0.717) is 42.3 Å². The van der Waals surface area contributed by atoms with Crippen molar-refractivity contribution in [1.29, 1.82) is 0 Å². The molecule has 3 aromatic rings. The van der Waals surface area contributed by atoms with Crippen LogP contribution in [0.1, 0.15) is 18.4 Å². The Morgan fingerprint density at radius 2 is 2.20 bits per heavy atom. The van der Waals surface area contributed by atoms with Crippen molar-refractivity contribution in [3.8, 4) is 5.75 Å². The molecule has 2 aromatic carbocycles. The number of hydrogen-bond donors (Lipinski definition) is 2. The molecular formula is C21H20ClFN4O3. The van der Waals surface area contributed by atoms with Crippen LogP contribution in [0.4, 0.5) is 15.9 Å². The van der Waals surface area contributed by atoms with Crippen LogP contribution in [-0.4, -0.2) is 45.6 Å². The molecule has 9 heteroatoms. The fourth-order valence-electron chi connectivity index (χ4n) is 3.77. The molecule has 1 fully saturated rings. The van der Waals surface area contributed by atoms with Crippen LogP contribution in [0.3, 0.4) is 0 Å². The third-order valence-corrected chi connectivity index (χ3v) is 5.53. The number of carboxylic acids is 1. The third kappa shape index (κ3) is 4.01. The van der Waals surface area contributed by atoms with Crippen molar-refractivity contribution in [2.75, 3.05) is 19.0 Å². The van der Waals surface area contributed by atoms with Gasteiger partial charge in [-0.3, -0.25) is 9.69 Å². The molecule has 2 N–H and O–H groups in total. The number of methoxy groups -OCH3 is 1. The molecule has 0 spiro atoms. The molecular weight excluding hydrogens is 411 g/mol. The van der Waals surface area contributed by atoms with Crippen molar-refractivity contribution in [2.24, 2.45) is 0 Å². The minimum absolute atomic E-state index is 0.00876. The number of aliphatic carboxylic acids is 1. The standard InChI is InChI=1S/C21H20ClFN4O3/c1-30-19-9-17-14(7-12(19)10-27-6-2-3-18(27)21(28)29)20(25-11-24-17)26-13-4-5-16(23)15(22)8-13/h4-5,7-9,11,18H,2-3,6,10H2,1H3,(H,28,29)(H,24,25,26)/t18-/m0/s1. The average Bonchev–Trinajstić information content (AvgIpc) is 3.19. The molecule has 2 heterocycles. The number of nitrogens with zero attached hydrogens (tertiary/aromatic N) is 3. The van der Waals surface area contributed by atoms with Crippen LogP contribution < -0.4 is 10.1 Å². The molecule has 0 unspecified atom stereocenters. The Morgan fingerprint density at radius 1 is 1.37 bits per heavy atom. The minimum Gasteiger partial charge on any atom is -0.496 e. The number of fused-ring (bicyclic) bond motifs is 1. The largest absolute Gasteiger partial charge is 0.496 e. The molecule has 156 valence electrons. The van der Waals surface area contributed by atoms with Crippen molar-refractivity contribution in [1.82, 2.24) is 14.9 Å². The maximum Gasteiger partial charge on any atom is 0.320 e. The Bertz CT molecular complexity index is 1110. The fourth-order valence-corrected chi connectivity index (χ4v) is 3.95. The molecule has 0 saturated carbocycles. The van der Waals surface area contributed by atoms with Gasteiger partial charge in [-0.25, -0.2) is 14.4 Å². The highest BCUT2D eigenvalue weighted by molar-refractivity contribution is 6.31. The van der Waals surface area contributed by atoms with Gasteiger partial charge >= 0.3 is 5.97 Å². The Labute approximate surface area is 177 Å². The predicted molar refractivity (Wildman–Crippen MR) is 112 cm³/mol. The normalized spacial score (nSPS) is 16.7. The van der Waals surface area contributed by atoms with Gasteiger partial charge in [0.1, 0.15) is 29.8 Å². The number of carbonyl (C=O) groups is 1. The van der Waals surface area contributed by atoms with Gasteiger partial charge in [0.25, 0.3) is 0 Å². The summed E-state index contributed by atoms with van der Waals surface area (Å²) < 4.78 is 19.0. The smallest absolute Gasteiger partial charge is 0.320 e. The molecule has 4 rings (SSSR count). The monoisotopic (exact) mass is 430 g/mol. The summed E-state index contributed by atoms with van der Waals surface area (Å²) in [6.07, 6.45) is 2.90. The molecule has 1 atom stereocenters. The molecule has 30 heavy (non-hydrogen) atoms. The number of halogens is 2. The van der Waals surface area contributed by atoms with Gasteiger partial charge < -0.3 is 15.2 Å². The van der Waals surface area contributed by atoms with Crippen molar-refractivity contribution in [2.45, 2.75) is 25.4 Å². The van der Waals surface area contributed by atoms with Crippen LogP contribution in [0.15, 0.2) is 36.7 Å². The highest BCUT2D eigenvalue weighted by Crippen LogP contribution is 2.32. The average molecular weight is 431 g/mol. The number of ether oxygens (including phenoxy) is 1. The number of hydrogen-bond acceptors (Lipinski definition) is 6. The van der Waals surface area contributed by atoms with E-state index in [0.717, 1.165) is 17.4 Å². The van der Waals surface area contributed by atoms with E-state index >= 15 is 0 Å². The van der Waals surface area contributed by atoms with Gasteiger partial charge in [0.15, 0.2) is 0 Å². The minimum atomic E-state index is -0.814. The van der Waals surface area contributed by atoms with Crippen molar-refractivity contribution < 1.29 is 19.0 Å². The number of rotatable bonds is 6. The lowest BCUT2D eigenvalue weighted by Gasteiger charge is -2.22. The predicted octanol–water partition coefficient (Wildman–Crippen LogP) is 4.22. The highest BCUT2D eigenvalue weighted by Gasteiger charge is 2.31. The van der Waals surface area contributed by atoms with E-state index in [1.807, 2.05) is 11.0 Å². The second kappa shape index (κ2) is 8.41. The summed E-state index contributed by atoms with van der Waals surface area (Å²) in [5, 5.41) is 13.4. The topological polar surface area (TPSA) is 87.6 Å². The zero-order valence-electron chi connectivity index (χ0n) is 16.2. The molecule has 1 aromatic heterocycles. The second-order valence-corrected chi connectivity index (χ2v) is 7.53. The zero-order valence-corrected chi connectivity index (χ0v) is 17.0. The maximum atomic E-state index is 13.5. The molecule has 0 aliphatic carbocycles. The first-order valence-corrected chi connectivity index (χ1v) is 9.84. The van der Waals surface area contributed by atoms with E-state index in [-0.39, 0.29) is 5.02 Å². The molecule has 0 amide bonds. The molecule has 0 radical (unpaired) electrons. The van der Waals surface area contributed by atoms with Crippen LogP contribution in [0.25, 0.3) is 10.9 Å². The van der Waals surface area contributed by atoms with E-state index in [1.54, 1.807) is 19.2 Å². The second-order valence-electron chi connectivity index (χ2n) is 7.12. The first-order valence-electron chi connectivity index (χ1n) is 9.47. The van der Waals surface area contributed by atoms with Gasteiger partial charge in [-0.15, -0.1) is 0 Å². The number of aromatic nitrogens is 2. The van der Waals surface area contributed by atoms with E-state index in [2.05, 4.69) is 15.3 Å². The molecule has 0 bridgehead atoms. The summed E-state index contributed by atoms with van der Waals surface area (Å²) in [5.74, 6) is -0.151. The van der Waals surface area contributed by atoms with Crippen LogP contribution >= 0.6 is 11.6 Å². The third-order valence-electron chi connectivity index (χ3n) is 5.24. The van der Waals surface area contributed by atoms with Crippen LogP contribution in [0, 0.1) is 5.82 Å². The van der Waals surface area contributed by atoms with Crippen molar-refractivity contribution >= 4 is 40.0 Å². The summed E-state index contributed by atoms with van der Waals surface area (Å²) in [6, 6.07) is 7.54. The number of nitrogens with one attached hydrogen (secondary N) is 1. The van der Waals surface area contributed by atoms with E-state index in [1.165, 1.54) is 18.5 Å². The summed E-state index contributed by atoms with van der Waals surface area (Å²) in [5.41, 5.74) is 2.09. The van der Waals surface area contributed by atoms with Crippen molar-refractivity contribution in [3.63, 3.8) is 0 Å². The summed E-state index contributed by atoms with van der Waals surface area (Å²) >= 11 is 5.88. The summed E-state index contributed by atoms with van der Waals surface area (Å²) in [7, 11) is 1.57. The highest BCUT2D eigenvalue weighted by atomic mass is 35.5. The number of anilines is 2. The number of benzene rings is 2. The van der Waals surface area contributed by atoms with E-state index in [4.69, 9.17) is 16.3 Å². The Morgan fingerprint density at radius 3 is 2.93 bits per heavy atom. The quantitative estimate of drug-likeness (QED) is 0.605. The summed E-state index contributed by atoms with van der Waals surface area (Å²) in [4.78, 5) is 22.1. The first kappa shape index (κ1) is 20.3. The maximum absolute atomic E-state index is 13.5. The van der Waals surface area contributed by atoms with Crippen LogP contribution in [0.2, 0.25) is 5.02 Å². The number of carboxylic acid groups (broad SMARTS) is 1. The van der Waals surface area contributed by atoms with E-state index in [9.17, 15) is 14.3 Å². The van der Waals surface area contributed by atoms with Gasteiger partial charge in [0, 0.05) is 29.2 Å². The molecule has 1 aliphatic heterocycles. The van der Waals surface area contributed by atoms with Gasteiger partial charge in [-0.1, -0.05) is 11.6 Å². The lowest BCUT2D eigenvalue weighted by atomic mass is 10.1. The Hall–Kier alpha value is -2.97. The summed E-state index contributed by atoms with van der Waals surface area (Å²) in [6.45, 7) is 1.15. The van der Waals surface area contributed by atoms with Gasteiger partial charge in [-0.2, -0.15) is 0 Å². The van der Waals surface area contributed by atoms with Gasteiger partial charge in [-0.05, 0) is 43.7 Å². The SMILES string of the molecule is COc1cc2ncnc(Nc3ccc(F)c(Cl)c3)c2cc1CN1CCC[C@H]1C(=O)O. The first-order chi connectivity index (χ1) is 14.5. The lowest BCUT2D eigenvalue weighted by molar-refractivity contribution is -0.142. The lowest BCUT2D eigenvalue weighted by Crippen LogP contribution is -2.35.